The third-order valence-corrected chi connectivity index (χ3v) is 4.24. The van der Waals surface area contributed by atoms with Crippen LogP contribution in [0.3, 0.4) is 0 Å². The van der Waals surface area contributed by atoms with Crippen LogP contribution >= 0.6 is 0 Å². The van der Waals surface area contributed by atoms with Gasteiger partial charge in [0.15, 0.2) is 0 Å². The van der Waals surface area contributed by atoms with Crippen LogP contribution in [0, 0.1) is 6.92 Å². The lowest BCUT2D eigenvalue weighted by molar-refractivity contribution is -0.149. The molecule has 0 bridgehead atoms. The van der Waals surface area contributed by atoms with Gasteiger partial charge in [0.25, 0.3) is 0 Å². The summed E-state index contributed by atoms with van der Waals surface area (Å²) in [6, 6.07) is 7.69. The fourth-order valence-corrected chi connectivity index (χ4v) is 3.07. The molecule has 1 heterocycles. The highest BCUT2D eigenvalue weighted by atomic mass is 16.6. The minimum absolute atomic E-state index is 0.300. The summed E-state index contributed by atoms with van der Waals surface area (Å²) in [5, 5.41) is 9.88. The molecule has 1 amide bonds. The van der Waals surface area contributed by atoms with E-state index in [0.29, 0.717) is 25.8 Å². The van der Waals surface area contributed by atoms with Gasteiger partial charge in [-0.3, -0.25) is 4.90 Å². The third-order valence-electron chi connectivity index (χ3n) is 4.24. The Kier molecular flexibility index (Phi) is 4.68. The van der Waals surface area contributed by atoms with Crippen LogP contribution in [0.25, 0.3) is 0 Å². The van der Waals surface area contributed by atoms with E-state index < -0.39 is 23.2 Å². The minimum atomic E-state index is -1.23. The van der Waals surface area contributed by atoms with Gasteiger partial charge in [0.2, 0.25) is 0 Å². The van der Waals surface area contributed by atoms with Crippen LogP contribution in [0.5, 0.6) is 0 Å². The number of carboxylic acid groups (broad SMARTS) is 1. The second-order valence-electron chi connectivity index (χ2n) is 7.18. The zero-order chi connectivity index (χ0) is 17.3. The van der Waals surface area contributed by atoms with E-state index >= 15 is 0 Å². The van der Waals surface area contributed by atoms with Gasteiger partial charge in [-0.15, -0.1) is 0 Å². The van der Waals surface area contributed by atoms with Gasteiger partial charge < -0.3 is 9.84 Å². The summed E-state index contributed by atoms with van der Waals surface area (Å²) in [5.74, 6) is -0.968. The Balaban J connectivity index is 2.33. The first-order valence-corrected chi connectivity index (χ1v) is 7.94. The van der Waals surface area contributed by atoms with Gasteiger partial charge in [0.1, 0.15) is 11.1 Å². The van der Waals surface area contributed by atoms with Crippen molar-refractivity contribution in [2.75, 3.05) is 6.54 Å². The van der Waals surface area contributed by atoms with Crippen molar-refractivity contribution in [3.63, 3.8) is 0 Å². The number of hydrogen-bond donors (Lipinski definition) is 1. The largest absolute Gasteiger partial charge is 0.479 e. The number of carbonyl (C=O) groups excluding carboxylic acids is 1. The lowest BCUT2D eigenvalue weighted by Crippen LogP contribution is -2.55. The molecular weight excluding hydrogens is 294 g/mol. The monoisotopic (exact) mass is 319 g/mol. The van der Waals surface area contributed by atoms with Gasteiger partial charge in [-0.05, 0) is 51.7 Å². The van der Waals surface area contributed by atoms with E-state index in [2.05, 4.69) is 0 Å². The van der Waals surface area contributed by atoms with Crippen molar-refractivity contribution >= 4 is 12.1 Å². The molecule has 126 valence electrons. The predicted molar refractivity (Wildman–Crippen MR) is 87.4 cm³/mol. The molecule has 0 aliphatic carbocycles. The van der Waals surface area contributed by atoms with Crippen molar-refractivity contribution in [1.29, 1.82) is 0 Å². The summed E-state index contributed by atoms with van der Waals surface area (Å²) in [7, 11) is 0. The first-order valence-electron chi connectivity index (χ1n) is 7.94. The van der Waals surface area contributed by atoms with Crippen LogP contribution in [0.1, 0.15) is 44.7 Å². The maximum absolute atomic E-state index is 12.5. The number of amides is 1. The summed E-state index contributed by atoms with van der Waals surface area (Å²) < 4.78 is 5.42. The van der Waals surface area contributed by atoms with E-state index in [0.717, 1.165) is 11.1 Å². The number of aliphatic carboxylic acids is 1. The predicted octanol–water partition coefficient (Wildman–Crippen LogP) is 3.39. The first-order chi connectivity index (χ1) is 10.7. The molecule has 1 N–H and O–H groups in total. The standard InChI is InChI=1S/C18H25NO4/c1-13-8-5-6-9-14(13)12-18(15(20)21)10-7-11-19(18)16(22)23-17(2,3)4/h5-6,8-9H,7,10-12H2,1-4H3,(H,20,21)/t18-/m1/s1. The van der Waals surface area contributed by atoms with Crippen LogP contribution in [-0.4, -0.2) is 39.8 Å². The molecule has 1 aromatic carbocycles. The number of hydrogen-bond acceptors (Lipinski definition) is 3. The van der Waals surface area contributed by atoms with E-state index in [1.807, 2.05) is 31.2 Å². The van der Waals surface area contributed by atoms with E-state index in [1.54, 1.807) is 20.8 Å². The van der Waals surface area contributed by atoms with E-state index in [-0.39, 0.29) is 0 Å². The van der Waals surface area contributed by atoms with E-state index in [4.69, 9.17) is 4.74 Å². The Morgan fingerprint density at radius 1 is 1.30 bits per heavy atom. The molecule has 1 aromatic rings. The van der Waals surface area contributed by atoms with Crippen molar-refractivity contribution in [1.82, 2.24) is 4.90 Å². The fourth-order valence-electron chi connectivity index (χ4n) is 3.07. The van der Waals surface area contributed by atoms with Crippen molar-refractivity contribution in [2.24, 2.45) is 0 Å². The van der Waals surface area contributed by atoms with E-state index in [1.165, 1.54) is 4.90 Å². The summed E-state index contributed by atoms with van der Waals surface area (Å²) in [6.07, 6.45) is 0.854. The highest BCUT2D eigenvalue weighted by Crippen LogP contribution is 2.35. The average Bonchev–Trinajstić information content (AvgIpc) is 2.84. The molecule has 5 nitrogen and oxygen atoms in total. The molecule has 2 rings (SSSR count). The fraction of sp³-hybridized carbons (Fsp3) is 0.556. The minimum Gasteiger partial charge on any atom is -0.479 e. The Bertz CT molecular complexity index is 605. The number of aryl methyl sites for hydroxylation is 1. The van der Waals surface area contributed by atoms with Gasteiger partial charge >= 0.3 is 12.1 Å². The zero-order valence-corrected chi connectivity index (χ0v) is 14.3. The Morgan fingerprint density at radius 2 is 1.96 bits per heavy atom. The number of carboxylic acids is 1. The molecule has 0 aromatic heterocycles. The molecule has 0 spiro atoms. The Morgan fingerprint density at radius 3 is 2.52 bits per heavy atom. The van der Waals surface area contributed by atoms with Gasteiger partial charge in [-0.2, -0.15) is 0 Å². The number of likely N-dealkylation sites (tertiary alicyclic amines) is 1. The van der Waals surface area contributed by atoms with Crippen molar-refractivity contribution in [2.45, 2.75) is 58.1 Å². The number of rotatable bonds is 3. The molecule has 0 radical (unpaired) electrons. The normalized spacial score (nSPS) is 21.3. The van der Waals surface area contributed by atoms with Gasteiger partial charge in [0.05, 0.1) is 0 Å². The van der Waals surface area contributed by atoms with Crippen LogP contribution in [0.15, 0.2) is 24.3 Å². The van der Waals surface area contributed by atoms with Gasteiger partial charge in [0, 0.05) is 13.0 Å². The third kappa shape index (κ3) is 3.66. The molecule has 1 aliphatic heterocycles. The lowest BCUT2D eigenvalue weighted by Gasteiger charge is -2.36. The van der Waals surface area contributed by atoms with E-state index in [9.17, 15) is 14.7 Å². The molecule has 0 saturated carbocycles. The Labute approximate surface area is 137 Å². The van der Waals surface area contributed by atoms with Crippen LogP contribution in [0.2, 0.25) is 0 Å². The second kappa shape index (κ2) is 6.22. The summed E-state index contributed by atoms with van der Waals surface area (Å²) in [5.41, 5.74) is 0.107. The molecule has 1 atom stereocenters. The lowest BCUT2D eigenvalue weighted by atomic mass is 9.86. The molecule has 23 heavy (non-hydrogen) atoms. The van der Waals surface area contributed by atoms with Crippen molar-refractivity contribution in [3.05, 3.63) is 35.4 Å². The summed E-state index contributed by atoms with van der Waals surface area (Å²) in [4.78, 5) is 26.0. The van der Waals surface area contributed by atoms with Crippen LogP contribution in [-0.2, 0) is 16.0 Å². The van der Waals surface area contributed by atoms with Crippen molar-refractivity contribution < 1.29 is 19.4 Å². The summed E-state index contributed by atoms with van der Waals surface area (Å²) in [6.45, 7) is 7.71. The maximum atomic E-state index is 12.5. The highest BCUT2D eigenvalue weighted by molar-refractivity contribution is 5.85. The number of ether oxygens (including phenoxy) is 1. The van der Waals surface area contributed by atoms with Crippen LogP contribution < -0.4 is 0 Å². The molecule has 1 fully saturated rings. The molecule has 0 unspecified atom stereocenters. The Hall–Kier alpha value is -2.04. The number of benzene rings is 1. The van der Waals surface area contributed by atoms with Crippen LogP contribution in [0.4, 0.5) is 4.79 Å². The van der Waals surface area contributed by atoms with Gasteiger partial charge in [-0.1, -0.05) is 24.3 Å². The quantitative estimate of drug-likeness (QED) is 0.927. The first kappa shape index (κ1) is 17.3. The number of nitrogens with zero attached hydrogens (tertiary/aromatic N) is 1. The van der Waals surface area contributed by atoms with Gasteiger partial charge in [-0.25, -0.2) is 9.59 Å². The smallest absolute Gasteiger partial charge is 0.411 e. The molecule has 5 heteroatoms. The topological polar surface area (TPSA) is 66.8 Å². The summed E-state index contributed by atoms with van der Waals surface area (Å²) >= 11 is 0. The zero-order valence-electron chi connectivity index (χ0n) is 14.3. The molecular formula is C18H25NO4. The molecule has 1 saturated heterocycles. The molecule has 1 aliphatic rings. The second-order valence-corrected chi connectivity index (χ2v) is 7.18. The number of carbonyl (C=O) groups is 2. The van der Waals surface area contributed by atoms with Crippen molar-refractivity contribution in [3.8, 4) is 0 Å². The maximum Gasteiger partial charge on any atom is 0.411 e. The average molecular weight is 319 g/mol. The highest BCUT2D eigenvalue weighted by Gasteiger charge is 2.51. The SMILES string of the molecule is Cc1ccccc1C[C@@]1(C(=O)O)CCCN1C(=O)OC(C)(C)C.